The first-order valence-electron chi connectivity index (χ1n) is 5.01. The molecule has 12 heavy (non-hydrogen) atoms. The third-order valence-corrected chi connectivity index (χ3v) is 1.90. The molecule has 0 aliphatic carbocycles. The van der Waals surface area contributed by atoms with E-state index in [2.05, 4.69) is 32.7 Å². The highest BCUT2D eigenvalue weighted by Gasteiger charge is 2.02. The molecule has 1 atom stereocenters. The summed E-state index contributed by atoms with van der Waals surface area (Å²) in [7, 11) is 0. The van der Waals surface area contributed by atoms with E-state index in [0.29, 0.717) is 6.04 Å². The molecule has 1 heteroatoms. The minimum absolute atomic E-state index is 0.662. The maximum absolute atomic E-state index is 3.70. The van der Waals surface area contributed by atoms with Crippen molar-refractivity contribution in [3.63, 3.8) is 0 Å². The molecular formula is C11H23N. The van der Waals surface area contributed by atoms with Crippen LogP contribution in [-0.4, -0.2) is 12.6 Å². The number of rotatable bonds is 7. The zero-order valence-corrected chi connectivity index (χ0v) is 8.77. The quantitative estimate of drug-likeness (QED) is 0.456. The smallest absolute Gasteiger partial charge is 0.00411 e. The molecule has 0 fully saturated rings. The van der Waals surface area contributed by atoms with Gasteiger partial charge in [0.1, 0.15) is 0 Å². The fourth-order valence-corrected chi connectivity index (χ4v) is 1.39. The van der Waals surface area contributed by atoms with Crippen molar-refractivity contribution in [1.82, 2.24) is 5.32 Å². The van der Waals surface area contributed by atoms with Crippen LogP contribution in [0.25, 0.3) is 0 Å². The summed E-state index contributed by atoms with van der Waals surface area (Å²) in [5.74, 6) is 0.798. The van der Waals surface area contributed by atoms with Gasteiger partial charge in [-0.3, -0.25) is 0 Å². The Hall–Kier alpha value is -0.300. The van der Waals surface area contributed by atoms with Crippen molar-refractivity contribution in [2.75, 3.05) is 6.54 Å². The van der Waals surface area contributed by atoms with Gasteiger partial charge in [-0.15, -0.1) is 6.58 Å². The molecule has 0 bridgehead atoms. The molecule has 72 valence electrons. The van der Waals surface area contributed by atoms with Gasteiger partial charge in [-0.1, -0.05) is 19.9 Å². The molecular weight excluding hydrogens is 146 g/mol. The summed E-state index contributed by atoms with van der Waals surface area (Å²) in [5.41, 5.74) is 0. The monoisotopic (exact) mass is 169 g/mol. The van der Waals surface area contributed by atoms with E-state index in [0.717, 1.165) is 18.9 Å². The van der Waals surface area contributed by atoms with Gasteiger partial charge >= 0.3 is 0 Å². The average molecular weight is 169 g/mol. The first-order valence-corrected chi connectivity index (χ1v) is 5.01. The van der Waals surface area contributed by atoms with Gasteiger partial charge in [0.05, 0.1) is 0 Å². The van der Waals surface area contributed by atoms with Crippen LogP contribution >= 0.6 is 0 Å². The Morgan fingerprint density at radius 1 is 1.33 bits per heavy atom. The second-order valence-electron chi connectivity index (χ2n) is 3.92. The van der Waals surface area contributed by atoms with E-state index in [4.69, 9.17) is 0 Å². The van der Waals surface area contributed by atoms with Gasteiger partial charge in [-0.25, -0.2) is 0 Å². The molecule has 1 nitrogen and oxygen atoms in total. The maximum Gasteiger partial charge on any atom is 0.00411 e. The third-order valence-electron chi connectivity index (χ3n) is 1.90. The lowest BCUT2D eigenvalue weighted by Crippen LogP contribution is -2.28. The number of hydrogen-bond donors (Lipinski definition) is 1. The molecule has 0 saturated heterocycles. The lowest BCUT2D eigenvalue weighted by atomic mass is 10.1. The molecule has 0 aromatic heterocycles. The Balaban J connectivity index is 3.19. The molecule has 0 rings (SSSR count). The zero-order valence-electron chi connectivity index (χ0n) is 8.77. The second-order valence-corrected chi connectivity index (χ2v) is 3.92. The lowest BCUT2D eigenvalue weighted by Gasteiger charge is -2.15. The van der Waals surface area contributed by atoms with Gasteiger partial charge in [0, 0.05) is 6.04 Å². The number of unbranched alkanes of at least 4 members (excludes halogenated alkanes) is 1. The predicted molar refractivity (Wildman–Crippen MR) is 56.4 cm³/mol. The Labute approximate surface area is 77.2 Å². The largest absolute Gasteiger partial charge is 0.314 e. The molecule has 0 amide bonds. The summed E-state index contributed by atoms with van der Waals surface area (Å²) in [6.07, 6.45) is 5.59. The van der Waals surface area contributed by atoms with E-state index in [1.165, 1.54) is 12.8 Å². The van der Waals surface area contributed by atoms with Crippen molar-refractivity contribution >= 4 is 0 Å². The van der Waals surface area contributed by atoms with Gasteiger partial charge in [-0.2, -0.15) is 0 Å². The fourth-order valence-electron chi connectivity index (χ4n) is 1.39. The third kappa shape index (κ3) is 7.80. The van der Waals surface area contributed by atoms with Crippen molar-refractivity contribution in [3.05, 3.63) is 12.7 Å². The molecule has 1 N–H and O–H groups in total. The highest BCUT2D eigenvalue weighted by Crippen LogP contribution is 2.03. The summed E-state index contributed by atoms with van der Waals surface area (Å²) in [6.45, 7) is 11.6. The highest BCUT2D eigenvalue weighted by atomic mass is 14.9. The van der Waals surface area contributed by atoms with E-state index in [-0.39, 0.29) is 0 Å². The Kier molecular flexibility index (Phi) is 7.17. The van der Waals surface area contributed by atoms with Gasteiger partial charge < -0.3 is 5.32 Å². The van der Waals surface area contributed by atoms with Crippen LogP contribution in [0.3, 0.4) is 0 Å². The van der Waals surface area contributed by atoms with Gasteiger partial charge in [-0.05, 0) is 38.6 Å². The molecule has 1 unspecified atom stereocenters. The van der Waals surface area contributed by atoms with Crippen LogP contribution in [0.5, 0.6) is 0 Å². The van der Waals surface area contributed by atoms with Crippen LogP contribution in [0.15, 0.2) is 12.7 Å². The van der Waals surface area contributed by atoms with Gasteiger partial charge in [0.2, 0.25) is 0 Å². The Morgan fingerprint density at radius 3 is 2.50 bits per heavy atom. The first kappa shape index (κ1) is 11.7. The standard InChI is InChI=1S/C11H23N/c1-5-6-7-8-12-11(4)9-10(2)3/h5,10-12H,1,6-9H2,2-4H3. The van der Waals surface area contributed by atoms with Crippen LogP contribution in [0.2, 0.25) is 0 Å². The minimum Gasteiger partial charge on any atom is -0.314 e. The summed E-state index contributed by atoms with van der Waals surface area (Å²) in [4.78, 5) is 0. The van der Waals surface area contributed by atoms with Crippen molar-refractivity contribution in [2.45, 2.75) is 46.1 Å². The van der Waals surface area contributed by atoms with Gasteiger partial charge in [0.15, 0.2) is 0 Å². The zero-order chi connectivity index (χ0) is 9.40. The molecule has 0 aliphatic heterocycles. The SMILES string of the molecule is C=CCCCNC(C)CC(C)C. The molecule has 0 saturated carbocycles. The summed E-state index contributed by atoms with van der Waals surface area (Å²) >= 11 is 0. The average Bonchev–Trinajstić information content (AvgIpc) is 1.97. The molecule has 0 spiro atoms. The van der Waals surface area contributed by atoms with Crippen LogP contribution in [0, 0.1) is 5.92 Å². The number of allylic oxidation sites excluding steroid dienone is 1. The lowest BCUT2D eigenvalue weighted by molar-refractivity contribution is 0.440. The topological polar surface area (TPSA) is 12.0 Å². The molecule has 0 radical (unpaired) electrons. The second kappa shape index (κ2) is 7.35. The van der Waals surface area contributed by atoms with E-state index in [1.807, 2.05) is 6.08 Å². The summed E-state index contributed by atoms with van der Waals surface area (Å²) < 4.78 is 0. The highest BCUT2D eigenvalue weighted by molar-refractivity contribution is 4.68. The van der Waals surface area contributed by atoms with E-state index in [9.17, 15) is 0 Å². The molecule has 0 aliphatic rings. The first-order chi connectivity index (χ1) is 5.66. The van der Waals surface area contributed by atoms with E-state index in [1.54, 1.807) is 0 Å². The normalized spacial score (nSPS) is 13.3. The van der Waals surface area contributed by atoms with Crippen molar-refractivity contribution in [1.29, 1.82) is 0 Å². The Morgan fingerprint density at radius 2 is 2.00 bits per heavy atom. The van der Waals surface area contributed by atoms with Crippen LogP contribution < -0.4 is 5.32 Å². The van der Waals surface area contributed by atoms with Gasteiger partial charge in [0.25, 0.3) is 0 Å². The van der Waals surface area contributed by atoms with Crippen molar-refractivity contribution in [2.24, 2.45) is 5.92 Å². The van der Waals surface area contributed by atoms with Crippen molar-refractivity contribution < 1.29 is 0 Å². The van der Waals surface area contributed by atoms with Crippen LogP contribution in [0.1, 0.15) is 40.0 Å². The molecule has 0 aromatic carbocycles. The summed E-state index contributed by atoms with van der Waals surface area (Å²) in [5, 5.41) is 3.50. The predicted octanol–water partition coefficient (Wildman–Crippen LogP) is 2.98. The van der Waals surface area contributed by atoms with E-state index < -0.39 is 0 Å². The summed E-state index contributed by atoms with van der Waals surface area (Å²) in [6, 6.07) is 0.662. The van der Waals surface area contributed by atoms with E-state index >= 15 is 0 Å². The number of hydrogen-bond acceptors (Lipinski definition) is 1. The fraction of sp³-hybridized carbons (Fsp3) is 0.818. The molecule has 0 aromatic rings. The van der Waals surface area contributed by atoms with Crippen LogP contribution in [0.4, 0.5) is 0 Å². The van der Waals surface area contributed by atoms with Crippen LogP contribution in [-0.2, 0) is 0 Å². The minimum atomic E-state index is 0.662. The number of nitrogens with one attached hydrogen (secondary N) is 1. The van der Waals surface area contributed by atoms with Crippen molar-refractivity contribution in [3.8, 4) is 0 Å². The maximum atomic E-state index is 3.70. The molecule has 0 heterocycles. The Bertz CT molecular complexity index is 108.